The van der Waals surface area contributed by atoms with Crippen LogP contribution in [0.15, 0.2) is 65.1 Å². The fourth-order valence-electron chi connectivity index (χ4n) is 2.53. The Kier molecular flexibility index (Phi) is 4.82. The lowest BCUT2D eigenvalue weighted by Crippen LogP contribution is -1.95. The number of para-hydroxylation sites is 1. The molecule has 0 aliphatic heterocycles. The van der Waals surface area contributed by atoms with E-state index in [9.17, 15) is 20.2 Å². The van der Waals surface area contributed by atoms with Gasteiger partial charge in [-0.15, -0.1) is 0 Å². The van der Waals surface area contributed by atoms with Crippen LogP contribution in [0.25, 0.3) is 23.0 Å². The molecule has 3 aromatic rings. The van der Waals surface area contributed by atoms with Gasteiger partial charge >= 0.3 is 5.97 Å². The van der Waals surface area contributed by atoms with Gasteiger partial charge in [-0.2, -0.15) is 5.26 Å². The molecule has 0 saturated heterocycles. The van der Waals surface area contributed by atoms with E-state index in [0.717, 1.165) is 0 Å². The Hall–Kier alpha value is -4.18. The SMILES string of the molecule is N#CC(=Cc1ccc(-c2ccccc2[N+](=O)[O-])o1)c1ccc(C(=O)O)cc1. The highest BCUT2D eigenvalue weighted by molar-refractivity contribution is 5.91. The molecule has 0 fully saturated rings. The summed E-state index contributed by atoms with van der Waals surface area (Å²) in [5.74, 6) is -0.391. The number of hydrogen-bond acceptors (Lipinski definition) is 5. The van der Waals surface area contributed by atoms with Crippen molar-refractivity contribution in [1.29, 1.82) is 5.26 Å². The maximum atomic E-state index is 11.2. The zero-order chi connectivity index (χ0) is 19.4. The van der Waals surface area contributed by atoms with E-state index in [0.29, 0.717) is 22.6 Å². The number of carboxylic acids is 1. The smallest absolute Gasteiger partial charge is 0.335 e. The molecule has 1 heterocycles. The Morgan fingerprint density at radius 3 is 2.37 bits per heavy atom. The van der Waals surface area contributed by atoms with Crippen molar-refractivity contribution in [3.05, 3.63) is 87.7 Å². The third-order valence-electron chi connectivity index (χ3n) is 3.84. The quantitative estimate of drug-likeness (QED) is 0.403. The minimum atomic E-state index is -1.05. The molecule has 0 aliphatic rings. The number of benzene rings is 2. The molecule has 7 heteroatoms. The van der Waals surface area contributed by atoms with Gasteiger partial charge in [-0.3, -0.25) is 10.1 Å². The topological polar surface area (TPSA) is 117 Å². The summed E-state index contributed by atoms with van der Waals surface area (Å²) in [5.41, 5.74) is 1.19. The summed E-state index contributed by atoms with van der Waals surface area (Å²) >= 11 is 0. The van der Waals surface area contributed by atoms with Crippen LogP contribution in [0, 0.1) is 21.4 Å². The minimum absolute atomic E-state index is 0.0767. The zero-order valence-electron chi connectivity index (χ0n) is 13.8. The second kappa shape index (κ2) is 7.37. The maximum Gasteiger partial charge on any atom is 0.335 e. The number of nitro groups is 1. The van der Waals surface area contributed by atoms with Crippen LogP contribution in [0.3, 0.4) is 0 Å². The number of carboxylic acid groups (broad SMARTS) is 1. The van der Waals surface area contributed by atoms with Crippen LogP contribution in [-0.4, -0.2) is 16.0 Å². The molecule has 132 valence electrons. The van der Waals surface area contributed by atoms with E-state index >= 15 is 0 Å². The predicted molar refractivity (Wildman–Crippen MR) is 97.7 cm³/mol. The summed E-state index contributed by atoms with van der Waals surface area (Å²) in [7, 11) is 0. The summed E-state index contributed by atoms with van der Waals surface area (Å²) in [4.78, 5) is 21.6. The number of furan rings is 1. The van der Waals surface area contributed by atoms with Crippen LogP contribution in [0.2, 0.25) is 0 Å². The molecule has 0 radical (unpaired) electrons. The summed E-state index contributed by atoms with van der Waals surface area (Å²) in [6.07, 6.45) is 1.49. The lowest BCUT2D eigenvalue weighted by atomic mass is 10.0. The molecular formula is C20H12N2O5. The maximum absolute atomic E-state index is 11.2. The van der Waals surface area contributed by atoms with Crippen LogP contribution in [0.4, 0.5) is 5.69 Å². The third kappa shape index (κ3) is 3.75. The zero-order valence-corrected chi connectivity index (χ0v) is 13.8. The second-order valence-electron chi connectivity index (χ2n) is 5.53. The molecule has 0 aliphatic carbocycles. The fraction of sp³-hybridized carbons (Fsp3) is 0. The van der Waals surface area contributed by atoms with E-state index in [1.165, 1.54) is 36.4 Å². The third-order valence-corrected chi connectivity index (χ3v) is 3.84. The lowest BCUT2D eigenvalue weighted by molar-refractivity contribution is -0.384. The Balaban J connectivity index is 1.95. The number of rotatable bonds is 5. The molecule has 0 atom stereocenters. The van der Waals surface area contributed by atoms with Crippen LogP contribution in [0.1, 0.15) is 21.7 Å². The van der Waals surface area contributed by atoms with E-state index in [-0.39, 0.29) is 16.8 Å². The monoisotopic (exact) mass is 360 g/mol. The summed E-state index contributed by atoms with van der Waals surface area (Å²) < 4.78 is 5.65. The Morgan fingerprint density at radius 2 is 1.74 bits per heavy atom. The standard InChI is InChI=1S/C20H12N2O5/c21-12-15(13-5-7-14(8-6-13)20(23)24)11-16-9-10-19(27-16)17-3-1-2-4-18(17)22(25)26/h1-11H,(H,23,24). The summed E-state index contributed by atoms with van der Waals surface area (Å²) in [6, 6.07) is 17.3. The lowest BCUT2D eigenvalue weighted by Gasteiger charge is -2.00. The first kappa shape index (κ1) is 17.6. The second-order valence-corrected chi connectivity index (χ2v) is 5.53. The van der Waals surface area contributed by atoms with E-state index in [1.807, 2.05) is 6.07 Å². The molecule has 0 amide bonds. The average Bonchev–Trinajstić information content (AvgIpc) is 3.14. The van der Waals surface area contributed by atoms with Crippen molar-refractivity contribution < 1.29 is 19.2 Å². The van der Waals surface area contributed by atoms with Gasteiger partial charge in [0.1, 0.15) is 11.5 Å². The van der Waals surface area contributed by atoms with E-state index < -0.39 is 10.9 Å². The fourth-order valence-corrected chi connectivity index (χ4v) is 2.53. The number of nitriles is 1. The highest BCUT2D eigenvalue weighted by atomic mass is 16.6. The minimum Gasteiger partial charge on any atom is -0.478 e. The van der Waals surface area contributed by atoms with Gasteiger partial charge in [0, 0.05) is 6.07 Å². The summed E-state index contributed by atoms with van der Waals surface area (Å²) in [5, 5.41) is 29.5. The van der Waals surface area contributed by atoms with Crippen LogP contribution >= 0.6 is 0 Å². The molecule has 1 aromatic heterocycles. The molecule has 7 nitrogen and oxygen atoms in total. The predicted octanol–water partition coefficient (Wildman–Crippen LogP) is 4.62. The number of nitro benzene ring substituents is 1. The molecule has 0 saturated carbocycles. The molecule has 2 aromatic carbocycles. The van der Waals surface area contributed by atoms with Gasteiger partial charge in [0.15, 0.2) is 0 Å². The van der Waals surface area contributed by atoms with Gasteiger partial charge in [-0.05, 0) is 42.0 Å². The van der Waals surface area contributed by atoms with Crippen molar-refractivity contribution in [2.75, 3.05) is 0 Å². The van der Waals surface area contributed by atoms with Crippen molar-refractivity contribution in [2.24, 2.45) is 0 Å². The normalized spacial score (nSPS) is 11.0. The molecule has 1 N–H and O–H groups in total. The van der Waals surface area contributed by atoms with Crippen molar-refractivity contribution in [3.8, 4) is 17.4 Å². The van der Waals surface area contributed by atoms with Gasteiger partial charge in [-0.1, -0.05) is 24.3 Å². The number of aromatic carboxylic acids is 1. The van der Waals surface area contributed by atoms with E-state index in [1.54, 1.807) is 30.3 Å². The Bertz CT molecular complexity index is 1090. The largest absolute Gasteiger partial charge is 0.478 e. The van der Waals surface area contributed by atoms with Crippen molar-refractivity contribution in [2.45, 2.75) is 0 Å². The molecule has 3 rings (SSSR count). The number of allylic oxidation sites excluding steroid dienone is 1. The van der Waals surface area contributed by atoms with E-state index in [4.69, 9.17) is 9.52 Å². The van der Waals surface area contributed by atoms with Crippen LogP contribution in [-0.2, 0) is 0 Å². The van der Waals surface area contributed by atoms with Gasteiger partial charge in [-0.25, -0.2) is 4.79 Å². The van der Waals surface area contributed by atoms with Crippen molar-refractivity contribution >= 4 is 23.3 Å². The van der Waals surface area contributed by atoms with Crippen molar-refractivity contribution in [1.82, 2.24) is 0 Å². The van der Waals surface area contributed by atoms with Gasteiger partial charge in [0.25, 0.3) is 5.69 Å². The van der Waals surface area contributed by atoms with Crippen LogP contribution in [0.5, 0.6) is 0 Å². The first-order valence-electron chi connectivity index (χ1n) is 7.79. The van der Waals surface area contributed by atoms with Crippen LogP contribution < -0.4 is 0 Å². The summed E-state index contributed by atoms with van der Waals surface area (Å²) in [6.45, 7) is 0. The molecule has 0 unspecified atom stereocenters. The average molecular weight is 360 g/mol. The molecule has 0 bridgehead atoms. The number of carbonyl (C=O) groups is 1. The number of hydrogen-bond donors (Lipinski definition) is 1. The van der Waals surface area contributed by atoms with Gasteiger partial charge in [0.2, 0.25) is 0 Å². The Morgan fingerprint density at radius 1 is 1.07 bits per heavy atom. The first-order chi connectivity index (χ1) is 13.0. The highest BCUT2D eigenvalue weighted by Crippen LogP contribution is 2.31. The molecule has 27 heavy (non-hydrogen) atoms. The molecule has 0 spiro atoms. The first-order valence-corrected chi connectivity index (χ1v) is 7.79. The molecular weight excluding hydrogens is 348 g/mol. The Labute approximate surface area is 153 Å². The van der Waals surface area contributed by atoms with E-state index in [2.05, 4.69) is 0 Å². The van der Waals surface area contributed by atoms with Gasteiger partial charge in [0.05, 0.1) is 27.7 Å². The van der Waals surface area contributed by atoms with Gasteiger partial charge < -0.3 is 9.52 Å². The highest BCUT2D eigenvalue weighted by Gasteiger charge is 2.17. The number of nitrogens with zero attached hydrogens (tertiary/aromatic N) is 2. The van der Waals surface area contributed by atoms with Crippen molar-refractivity contribution in [3.63, 3.8) is 0 Å².